The van der Waals surface area contributed by atoms with Gasteiger partial charge in [0.05, 0.1) is 7.11 Å². The smallest absolute Gasteiger partial charge is 0.322 e. The maximum absolute atomic E-state index is 12.5. The number of aromatic hydroxyl groups is 1. The van der Waals surface area contributed by atoms with Crippen LogP contribution >= 0.6 is 0 Å². The number of hydrogen-bond donors (Lipinski definition) is 3. The van der Waals surface area contributed by atoms with Crippen molar-refractivity contribution in [3.05, 3.63) is 59.7 Å². The average molecular weight is 312 g/mol. The first-order valence-corrected chi connectivity index (χ1v) is 7.10. The van der Waals surface area contributed by atoms with E-state index < -0.39 is 17.5 Å². The molecule has 3 rings (SSSR count). The van der Waals surface area contributed by atoms with Crippen LogP contribution < -0.4 is 15.4 Å². The fourth-order valence-corrected chi connectivity index (χ4v) is 2.80. The van der Waals surface area contributed by atoms with E-state index in [4.69, 9.17) is 4.74 Å². The maximum Gasteiger partial charge on any atom is 0.322 e. The summed E-state index contributed by atoms with van der Waals surface area (Å²) in [5, 5.41) is 15.2. The number of phenolic OH excluding ortho intramolecular Hbond substituents is 1. The van der Waals surface area contributed by atoms with Gasteiger partial charge in [-0.15, -0.1) is 0 Å². The molecular weight excluding hydrogens is 296 g/mol. The molecule has 3 N–H and O–H groups in total. The molecule has 23 heavy (non-hydrogen) atoms. The summed E-state index contributed by atoms with van der Waals surface area (Å²) in [5.74, 6) is -0.143. The summed E-state index contributed by atoms with van der Waals surface area (Å²) in [5.41, 5.74) is -0.167. The zero-order chi connectivity index (χ0) is 16.4. The minimum atomic E-state index is -1.35. The molecule has 3 amide bonds. The van der Waals surface area contributed by atoms with Crippen molar-refractivity contribution in [3.8, 4) is 11.5 Å². The van der Waals surface area contributed by atoms with Crippen LogP contribution in [-0.4, -0.2) is 24.2 Å². The summed E-state index contributed by atoms with van der Waals surface area (Å²) in [6, 6.07) is 13.4. The van der Waals surface area contributed by atoms with Gasteiger partial charge in [0.1, 0.15) is 11.5 Å². The number of nitrogens with one attached hydrogen (secondary N) is 2. The quantitative estimate of drug-likeness (QED) is 0.750. The van der Waals surface area contributed by atoms with Gasteiger partial charge in [-0.1, -0.05) is 30.3 Å². The lowest BCUT2D eigenvalue weighted by Gasteiger charge is -2.27. The van der Waals surface area contributed by atoms with Crippen molar-refractivity contribution in [2.75, 3.05) is 7.11 Å². The molecule has 1 atom stereocenters. The molecule has 0 bridgehead atoms. The summed E-state index contributed by atoms with van der Waals surface area (Å²) < 4.78 is 5.06. The molecule has 6 nitrogen and oxygen atoms in total. The van der Waals surface area contributed by atoms with E-state index in [-0.39, 0.29) is 12.2 Å². The number of carbonyl (C=O) groups excluding carboxylic acids is 2. The Bertz CT molecular complexity index is 760. The number of hydrogen-bond acceptors (Lipinski definition) is 4. The number of carbonyl (C=O) groups is 2. The Labute approximate surface area is 133 Å². The van der Waals surface area contributed by atoms with Gasteiger partial charge in [0.15, 0.2) is 5.54 Å². The Morgan fingerprint density at radius 3 is 2.43 bits per heavy atom. The Morgan fingerprint density at radius 1 is 1.13 bits per heavy atom. The van der Waals surface area contributed by atoms with E-state index >= 15 is 0 Å². The van der Waals surface area contributed by atoms with Gasteiger partial charge in [0, 0.05) is 18.1 Å². The highest BCUT2D eigenvalue weighted by Gasteiger charge is 2.49. The van der Waals surface area contributed by atoms with E-state index in [9.17, 15) is 14.7 Å². The summed E-state index contributed by atoms with van der Waals surface area (Å²) in [6.45, 7) is 0. The van der Waals surface area contributed by atoms with Gasteiger partial charge in [0.2, 0.25) is 0 Å². The minimum Gasteiger partial charge on any atom is -0.507 e. The number of phenols is 1. The molecule has 118 valence electrons. The van der Waals surface area contributed by atoms with Gasteiger partial charge < -0.3 is 15.2 Å². The van der Waals surface area contributed by atoms with Crippen LogP contribution in [-0.2, 0) is 16.8 Å². The van der Waals surface area contributed by atoms with Gasteiger partial charge in [-0.2, -0.15) is 0 Å². The van der Waals surface area contributed by atoms with Crippen LogP contribution in [0, 0.1) is 0 Å². The van der Waals surface area contributed by atoms with Gasteiger partial charge >= 0.3 is 6.03 Å². The van der Waals surface area contributed by atoms with Crippen LogP contribution in [0.25, 0.3) is 0 Å². The molecule has 1 unspecified atom stereocenters. The first kappa shape index (κ1) is 14.9. The highest BCUT2D eigenvalue weighted by molar-refractivity contribution is 6.08. The summed E-state index contributed by atoms with van der Waals surface area (Å²) >= 11 is 0. The van der Waals surface area contributed by atoms with Crippen LogP contribution in [0.4, 0.5) is 4.79 Å². The molecule has 6 heteroatoms. The predicted octanol–water partition coefficient (Wildman–Crippen LogP) is 1.68. The molecule has 0 spiro atoms. The monoisotopic (exact) mass is 312 g/mol. The van der Waals surface area contributed by atoms with Crippen LogP contribution in [0.15, 0.2) is 48.5 Å². The van der Waals surface area contributed by atoms with E-state index in [2.05, 4.69) is 10.6 Å². The zero-order valence-corrected chi connectivity index (χ0v) is 12.5. The highest BCUT2D eigenvalue weighted by atomic mass is 16.5. The molecule has 0 saturated carbocycles. The van der Waals surface area contributed by atoms with Crippen molar-refractivity contribution in [2.45, 2.75) is 12.0 Å². The van der Waals surface area contributed by atoms with E-state index in [1.807, 2.05) is 30.3 Å². The maximum atomic E-state index is 12.5. The van der Waals surface area contributed by atoms with Crippen molar-refractivity contribution in [2.24, 2.45) is 0 Å². The average Bonchev–Trinajstić information content (AvgIpc) is 2.82. The fourth-order valence-electron chi connectivity index (χ4n) is 2.80. The summed E-state index contributed by atoms with van der Waals surface area (Å²) in [6.07, 6.45) is 0.227. The molecule has 0 aliphatic carbocycles. The second-order valence-electron chi connectivity index (χ2n) is 5.36. The number of rotatable bonds is 4. The lowest BCUT2D eigenvalue weighted by atomic mass is 9.83. The van der Waals surface area contributed by atoms with Crippen molar-refractivity contribution in [1.82, 2.24) is 10.6 Å². The predicted molar refractivity (Wildman–Crippen MR) is 83.2 cm³/mol. The third-order valence-electron chi connectivity index (χ3n) is 3.92. The molecule has 1 saturated heterocycles. The van der Waals surface area contributed by atoms with Crippen LogP contribution in [0.3, 0.4) is 0 Å². The molecule has 1 heterocycles. The Hall–Kier alpha value is -3.02. The standard InChI is InChI=1S/C17H16N2O4/c1-23-12-7-8-13(14(20)9-12)17(15(21)18-16(22)19-17)10-11-5-3-2-4-6-11/h2-9,20H,10H2,1H3,(H2,18,19,21,22). The molecule has 0 radical (unpaired) electrons. The van der Waals surface area contributed by atoms with Gasteiger partial charge in [-0.05, 0) is 17.7 Å². The normalized spacial score (nSPS) is 20.0. The molecule has 2 aromatic rings. The minimum absolute atomic E-state index is 0.113. The van der Waals surface area contributed by atoms with E-state index in [0.717, 1.165) is 5.56 Å². The van der Waals surface area contributed by atoms with Crippen molar-refractivity contribution < 1.29 is 19.4 Å². The Morgan fingerprint density at radius 2 is 1.87 bits per heavy atom. The Balaban J connectivity index is 2.10. The second-order valence-corrected chi connectivity index (χ2v) is 5.36. The highest BCUT2D eigenvalue weighted by Crippen LogP contribution is 2.36. The third kappa shape index (κ3) is 2.59. The number of methoxy groups -OCH3 is 1. The number of amides is 3. The Kier molecular flexibility index (Phi) is 3.65. The van der Waals surface area contributed by atoms with E-state index in [0.29, 0.717) is 11.3 Å². The molecule has 1 aliphatic rings. The molecule has 1 aliphatic heterocycles. The van der Waals surface area contributed by atoms with Crippen LogP contribution in [0.2, 0.25) is 0 Å². The molecule has 2 aromatic carbocycles. The number of benzene rings is 2. The van der Waals surface area contributed by atoms with E-state index in [1.165, 1.54) is 13.2 Å². The lowest BCUT2D eigenvalue weighted by molar-refractivity contribution is -0.124. The van der Waals surface area contributed by atoms with Gasteiger partial charge in [-0.3, -0.25) is 10.1 Å². The van der Waals surface area contributed by atoms with Crippen molar-refractivity contribution >= 4 is 11.9 Å². The van der Waals surface area contributed by atoms with Crippen molar-refractivity contribution in [3.63, 3.8) is 0 Å². The van der Waals surface area contributed by atoms with Crippen LogP contribution in [0.5, 0.6) is 11.5 Å². The van der Waals surface area contributed by atoms with Crippen LogP contribution in [0.1, 0.15) is 11.1 Å². The molecule has 0 aromatic heterocycles. The summed E-state index contributed by atoms with van der Waals surface area (Å²) in [4.78, 5) is 24.2. The molecule has 1 fully saturated rings. The van der Waals surface area contributed by atoms with Gasteiger partial charge in [-0.25, -0.2) is 4.79 Å². The van der Waals surface area contributed by atoms with Crippen molar-refractivity contribution in [1.29, 1.82) is 0 Å². The molecular formula is C17H16N2O4. The topological polar surface area (TPSA) is 87.7 Å². The second kappa shape index (κ2) is 5.64. The first-order valence-electron chi connectivity index (χ1n) is 7.10. The van der Waals surface area contributed by atoms with E-state index in [1.54, 1.807) is 12.1 Å². The van der Waals surface area contributed by atoms with Gasteiger partial charge in [0.25, 0.3) is 5.91 Å². The number of ether oxygens (including phenoxy) is 1. The first-order chi connectivity index (χ1) is 11.0. The third-order valence-corrected chi connectivity index (χ3v) is 3.92. The largest absolute Gasteiger partial charge is 0.507 e. The fraction of sp³-hybridized carbons (Fsp3) is 0.176. The summed E-state index contributed by atoms with van der Waals surface area (Å²) in [7, 11) is 1.48. The zero-order valence-electron chi connectivity index (χ0n) is 12.5. The number of imide groups is 1. The number of urea groups is 1. The lowest BCUT2D eigenvalue weighted by Crippen LogP contribution is -2.45. The SMILES string of the molecule is COc1ccc(C2(Cc3ccccc3)NC(=O)NC2=O)c(O)c1.